The largest absolute Gasteiger partial charge is 0.456 e. The minimum absolute atomic E-state index is 0.195. The van der Waals surface area contributed by atoms with Crippen molar-refractivity contribution in [2.24, 2.45) is 0 Å². The molecule has 0 radical (unpaired) electrons. The Hall–Kier alpha value is -4.02. The van der Waals surface area contributed by atoms with Crippen molar-refractivity contribution < 1.29 is 4.74 Å². The first-order valence-corrected chi connectivity index (χ1v) is 17.1. The monoisotopic (exact) mass is 578 g/mol. The Bertz CT molecular complexity index is 1740. The lowest BCUT2D eigenvalue weighted by atomic mass is 9.87. The van der Waals surface area contributed by atoms with E-state index in [4.69, 9.17) is 4.74 Å². The molecule has 0 fully saturated rings. The lowest BCUT2D eigenvalue weighted by Gasteiger charge is -2.34. The highest BCUT2D eigenvalue weighted by atomic mass is 31.1. The molecule has 0 N–H and O–H groups in total. The van der Waals surface area contributed by atoms with E-state index in [-0.39, 0.29) is 5.92 Å². The van der Waals surface area contributed by atoms with Crippen LogP contribution in [0.3, 0.4) is 0 Å². The average Bonchev–Trinajstić information content (AvgIpc) is 3.04. The van der Waals surface area contributed by atoms with Gasteiger partial charge in [0.2, 0.25) is 0 Å². The summed E-state index contributed by atoms with van der Waals surface area (Å²) in [7, 11) is -1.55. The van der Waals surface area contributed by atoms with Gasteiger partial charge in [0, 0.05) is 22.3 Å². The second kappa shape index (κ2) is 11.7. The van der Waals surface area contributed by atoms with E-state index in [1.807, 2.05) is 0 Å². The quantitative estimate of drug-likeness (QED) is 0.184. The molecule has 204 valence electrons. The lowest BCUT2D eigenvalue weighted by molar-refractivity contribution is 0.454. The molecule has 0 aromatic heterocycles. The maximum absolute atomic E-state index is 7.07. The summed E-state index contributed by atoms with van der Waals surface area (Å²) >= 11 is 0. The van der Waals surface area contributed by atoms with E-state index in [9.17, 15) is 0 Å². The minimum atomic E-state index is -0.795. The highest BCUT2D eigenvalue weighted by molar-refractivity contribution is 7.80. The van der Waals surface area contributed by atoms with Crippen LogP contribution in [0.5, 0.6) is 11.5 Å². The zero-order chi connectivity index (χ0) is 28.5. The van der Waals surface area contributed by atoms with Gasteiger partial charge in [-0.2, -0.15) is 0 Å². The third-order valence-corrected chi connectivity index (χ3v) is 13.0. The third kappa shape index (κ3) is 4.88. The molecule has 0 bridgehead atoms. The first kappa shape index (κ1) is 26.9. The average molecular weight is 579 g/mol. The second-order valence-corrected chi connectivity index (χ2v) is 15.0. The van der Waals surface area contributed by atoms with Crippen molar-refractivity contribution in [1.29, 1.82) is 0 Å². The van der Waals surface area contributed by atoms with Crippen molar-refractivity contribution in [3.63, 3.8) is 0 Å². The molecule has 0 amide bonds. The molecule has 0 spiro atoms. The highest BCUT2D eigenvalue weighted by Crippen LogP contribution is 2.50. The van der Waals surface area contributed by atoms with E-state index in [0.717, 1.165) is 11.5 Å². The van der Waals surface area contributed by atoms with Gasteiger partial charge in [0.15, 0.2) is 0 Å². The molecule has 6 aromatic carbocycles. The summed E-state index contributed by atoms with van der Waals surface area (Å²) in [4.78, 5) is 0. The standard InChI is InChI=1S/C39H32OP2/c1-28-26-27-36(42(32-20-11-5-12-21-32)33-22-13-6-14-23-33)39-37(28)29(2)38-34(40-39)24-15-25-35(38)41(30-16-7-3-8-17-30)31-18-9-4-10-19-31/h3-27,29H,1-2H3. The summed E-state index contributed by atoms with van der Waals surface area (Å²) < 4.78 is 7.07. The summed E-state index contributed by atoms with van der Waals surface area (Å²) in [5, 5.41) is 8.02. The number of hydrogen-bond donors (Lipinski definition) is 0. The van der Waals surface area contributed by atoms with Crippen molar-refractivity contribution in [1.82, 2.24) is 0 Å². The Kier molecular flexibility index (Phi) is 7.48. The minimum Gasteiger partial charge on any atom is -0.456 e. The van der Waals surface area contributed by atoms with Gasteiger partial charge in [-0.25, -0.2) is 0 Å². The number of benzene rings is 6. The molecule has 1 atom stereocenters. The summed E-state index contributed by atoms with van der Waals surface area (Å²) in [5.41, 5.74) is 3.90. The van der Waals surface area contributed by atoms with E-state index in [2.05, 4.69) is 166 Å². The van der Waals surface area contributed by atoms with Crippen molar-refractivity contribution in [2.45, 2.75) is 19.8 Å². The van der Waals surface area contributed by atoms with Crippen LogP contribution in [0.15, 0.2) is 152 Å². The van der Waals surface area contributed by atoms with Crippen LogP contribution in [-0.2, 0) is 0 Å². The van der Waals surface area contributed by atoms with Crippen LogP contribution in [0.1, 0.15) is 29.5 Å². The maximum atomic E-state index is 7.07. The van der Waals surface area contributed by atoms with Crippen LogP contribution in [0.25, 0.3) is 0 Å². The van der Waals surface area contributed by atoms with E-state index < -0.39 is 15.8 Å². The van der Waals surface area contributed by atoms with Gasteiger partial charge in [0.25, 0.3) is 0 Å². The molecule has 1 aliphatic rings. The molecular weight excluding hydrogens is 546 g/mol. The lowest BCUT2D eigenvalue weighted by Crippen LogP contribution is -2.29. The zero-order valence-corrected chi connectivity index (χ0v) is 25.6. The fourth-order valence-electron chi connectivity index (χ4n) is 6.18. The Labute approximate surface area is 251 Å². The fourth-order valence-corrected chi connectivity index (χ4v) is 11.1. The molecule has 1 aliphatic heterocycles. The van der Waals surface area contributed by atoms with Gasteiger partial charge in [-0.3, -0.25) is 0 Å². The first-order chi connectivity index (χ1) is 20.7. The Morgan fingerprint density at radius 3 is 1.38 bits per heavy atom. The zero-order valence-electron chi connectivity index (χ0n) is 23.8. The number of hydrogen-bond acceptors (Lipinski definition) is 1. The molecule has 0 aliphatic carbocycles. The predicted octanol–water partition coefficient (Wildman–Crippen LogP) is 7.77. The van der Waals surface area contributed by atoms with E-state index in [1.165, 1.54) is 48.5 Å². The number of aryl methyl sites for hydroxylation is 1. The number of ether oxygens (including phenoxy) is 1. The molecule has 42 heavy (non-hydrogen) atoms. The summed E-state index contributed by atoms with van der Waals surface area (Å²) in [6.07, 6.45) is 0. The van der Waals surface area contributed by atoms with Crippen LogP contribution in [0, 0.1) is 6.92 Å². The molecule has 1 heterocycles. The van der Waals surface area contributed by atoms with Crippen molar-refractivity contribution in [3.05, 3.63) is 168 Å². The summed E-state index contributed by atoms with van der Waals surface area (Å²) in [5.74, 6) is 2.21. The predicted molar refractivity (Wildman–Crippen MR) is 183 cm³/mol. The molecule has 0 saturated carbocycles. The molecule has 3 heteroatoms. The Morgan fingerprint density at radius 1 is 0.452 bits per heavy atom. The van der Waals surface area contributed by atoms with Gasteiger partial charge in [0.05, 0.1) is 0 Å². The summed E-state index contributed by atoms with van der Waals surface area (Å²) in [6.45, 7) is 4.61. The van der Waals surface area contributed by atoms with E-state index in [1.54, 1.807) is 0 Å². The second-order valence-electron chi connectivity index (χ2n) is 10.7. The Morgan fingerprint density at radius 2 is 0.905 bits per heavy atom. The van der Waals surface area contributed by atoms with E-state index in [0.29, 0.717) is 0 Å². The molecule has 1 unspecified atom stereocenters. The SMILES string of the molecule is Cc1ccc(P(c2ccccc2)c2ccccc2)c2c1C(C)c1c(cccc1P(c1ccccc1)c1ccccc1)O2. The van der Waals surface area contributed by atoms with Crippen molar-refractivity contribution in [2.75, 3.05) is 0 Å². The molecule has 1 nitrogen and oxygen atoms in total. The van der Waals surface area contributed by atoms with Crippen molar-refractivity contribution in [3.8, 4) is 11.5 Å². The van der Waals surface area contributed by atoms with Gasteiger partial charge in [-0.05, 0) is 67.0 Å². The number of fused-ring (bicyclic) bond motifs is 2. The van der Waals surface area contributed by atoms with Crippen LogP contribution >= 0.6 is 15.8 Å². The molecular formula is C39H32OP2. The number of rotatable bonds is 6. The van der Waals surface area contributed by atoms with E-state index >= 15 is 0 Å². The molecule has 7 rings (SSSR count). The third-order valence-electron chi connectivity index (χ3n) is 8.05. The highest BCUT2D eigenvalue weighted by Gasteiger charge is 2.34. The van der Waals surface area contributed by atoms with Gasteiger partial charge >= 0.3 is 0 Å². The topological polar surface area (TPSA) is 9.23 Å². The van der Waals surface area contributed by atoms with Crippen LogP contribution < -0.4 is 36.6 Å². The van der Waals surface area contributed by atoms with Gasteiger partial charge in [-0.15, -0.1) is 0 Å². The molecule has 0 saturated heterocycles. The van der Waals surface area contributed by atoms with Gasteiger partial charge in [-0.1, -0.05) is 146 Å². The molecule has 6 aromatic rings. The summed E-state index contributed by atoms with van der Waals surface area (Å²) in [6, 6.07) is 55.1. The van der Waals surface area contributed by atoms with Crippen molar-refractivity contribution >= 4 is 47.7 Å². The van der Waals surface area contributed by atoms with Crippen LogP contribution in [0.2, 0.25) is 0 Å². The fraction of sp³-hybridized carbons (Fsp3) is 0.0769. The Balaban J connectivity index is 1.42. The smallest absolute Gasteiger partial charge is 0.139 e. The van der Waals surface area contributed by atoms with Gasteiger partial charge < -0.3 is 4.74 Å². The normalized spacial score (nSPS) is 13.9. The van der Waals surface area contributed by atoms with Gasteiger partial charge in [0.1, 0.15) is 11.5 Å². The first-order valence-electron chi connectivity index (χ1n) is 14.5. The van der Waals surface area contributed by atoms with Crippen LogP contribution in [0.4, 0.5) is 0 Å². The maximum Gasteiger partial charge on any atom is 0.139 e. The van der Waals surface area contributed by atoms with Crippen LogP contribution in [-0.4, -0.2) is 0 Å².